The van der Waals surface area contributed by atoms with Crippen LogP contribution in [0.4, 0.5) is 5.69 Å². The molecule has 1 aromatic heterocycles. The Labute approximate surface area is 204 Å². The van der Waals surface area contributed by atoms with Gasteiger partial charge in [-0.2, -0.15) is 0 Å². The molecule has 4 aromatic rings. The average molecular weight is 466 g/mol. The Kier molecular flexibility index (Phi) is 5.56. The van der Waals surface area contributed by atoms with E-state index in [4.69, 9.17) is 9.15 Å². The average Bonchev–Trinajstić information content (AvgIpc) is 3.13. The van der Waals surface area contributed by atoms with Crippen molar-refractivity contribution in [3.05, 3.63) is 117 Å². The number of rotatable bonds is 5. The molecule has 1 aliphatic rings. The van der Waals surface area contributed by atoms with Crippen molar-refractivity contribution in [2.75, 3.05) is 11.5 Å². The number of benzene rings is 3. The molecular weight excluding hydrogens is 438 g/mol. The van der Waals surface area contributed by atoms with Crippen molar-refractivity contribution in [1.29, 1.82) is 0 Å². The van der Waals surface area contributed by atoms with Gasteiger partial charge in [-0.3, -0.25) is 14.5 Å². The van der Waals surface area contributed by atoms with Gasteiger partial charge >= 0.3 is 0 Å². The zero-order valence-corrected chi connectivity index (χ0v) is 20.3. The van der Waals surface area contributed by atoms with E-state index in [0.29, 0.717) is 34.6 Å². The molecule has 1 unspecified atom stereocenters. The Bertz CT molecular complexity index is 1560. The van der Waals surface area contributed by atoms with E-state index < -0.39 is 6.04 Å². The standard InChI is InChI=1S/C30H27NO4/c1-6-12-34-23-9-7-8-21(16-23)27-26-28(32)24-14-19(4)20(5)15-25(24)35-29(26)30(33)31(27)22-11-10-17(2)18(3)13-22/h6-11,13-16,27H,1,12H2,2-5H3. The molecule has 1 atom stereocenters. The molecule has 0 bridgehead atoms. The summed E-state index contributed by atoms with van der Waals surface area (Å²) in [7, 11) is 0. The minimum atomic E-state index is -0.644. The maximum Gasteiger partial charge on any atom is 0.295 e. The zero-order chi connectivity index (χ0) is 24.9. The smallest absolute Gasteiger partial charge is 0.295 e. The lowest BCUT2D eigenvalue weighted by Gasteiger charge is -2.26. The highest BCUT2D eigenvalue weighted by Crippen LogP contribution is 2.42. The molecule has 0 spiro atoms. The van der Waals surface area contributed by atoms with Crippen LogP contribution in [0.25, 0.3) is 11.0 Å². The van der Waals surface area contributed by atoms with Crippen LogP contribution < -0.4 is 15.1 Å². The molecule has 2 heterocycles. The molecule has 5 nitrogen and oxygen atoms in total. The van der Waals surface area contributed by atoms with Crippen LogP contribution in [0.15, 0.2) is 76.5 Å². The van der Waals surface area contributed by atoms with E-state index in [9.17, 15) is 9.59 Å². The number of ether oxygens (including phenoxy) is 1. The number of nitrogens with zero attached hydrogens (tertiary/aromatic N) is 1. The Morgan fingerprint density at radius 2 is 1.69 bits per heavy atom. The summed E-state index contributed by atoms with van der Waals surface area (Å²) in [6, 6.07) is 16.4. The van der Waals surface area contributed by atoms with Gasteiger partial charge in [0.05, 0.1) is 17.0 Å². The fraction of sp³-hybridized carbons (Fsp3) is 0.200. The third-order valence-corrected chi connectivity index (χ3v) is 6.80. The highest BCUT2D eigenvalue weighted by Gasteiger charge is 2.43. The molecule has 0 radical (unpaired) electrons. The van der Waals surface area contributed by atoms with Crippen LogP contribution in [0, 0.1) is 27.7 Å². The second kappa shape index (κ2) is 8.58. The number of aryl methyl sites for hydroxylation is 4. The topological polar surface area (TPSA) is 59.8 Å². The Morgan fingerprint density at radius 3 is 2.43 bits per heavy atom. The van der Waals surface area contributed by atoms with Crippen LogP contribution in [0.1, 0.15) is 50.0 Å². The molecule has 0 N–H and O–H groups in total. The maximum absolute atomic E-state index is 13.9. The molecular formula is C30H27NO4. The van der Waals surface area contributed by atoms with Gasteiger partial charge in [0.1, 0.15) is 17.9 Å². The number of hydrogen-bond donors (Lipinski definition) is 0. The molecule has 1 amide bonds. The van der Waals surface area contributed by atoms with E-state index in [1.54, 1.807) is 11.0 Å². The predicted octanol–water partition coefficient (Wildman–Crippen LogP) is 6.34. The molecule has 0 fully saturated rings. The molecule has 0 saturated heterocycles. The first kappa shape index (κ1) is 22.7. The first-order valence-corrected chi connectivity index (χ1v) is 11.6. The summed E-state index contributed by atoms with van der Waals surface area (Å²) < 4.78 is 11.9. The van der Waals surface area contributed by atoms with Crippen molar-refractivity contribution in [3.63, 3.8) is 0 Å². The van der Waals surface area contributed by atoms with E-state index in [1.807, 2.05) is 82.3 Å². The van der Waals surface area contributed by atoms with Gasteiger partial charge in [-0.15, -0.1) is 0 Å². The zero-order valence-electron chi connectivity index (χ0n) is 20.3. The Balaban J connectivity index is 1.78. The predicted molar refractivity (Wildman–Crippen MR) is 139 cm³/mol. The Hall–Kier alpha value is -4.12. The van der Waals surface area contributed by atoms with Gasteiger partial charge in [-0.1, -0.05) is 30.9 Å². The van der Waals surface area contributed by atoms with E-state index in [2.05, 4.69) is 6.58 Å². The van der Waals surface area contributed by atoms with Gasteiger partial charge in [0, 0.05) is 5.69 Å². The largest absolute Gasteiger partial charge is 0.490 e. The highest BCUT2D eigenvalue weighted by molar-refractivity contribution is 6.10. The summed E-state index contributed by atoms with van der Waals surface area (Å²) in [4.78, 5) is 29.4. The summed E-state index contributed by atoms with van der Waals surface area (Å²) in [6.45, 7) is 12.0. The van der Waals surface area contributed by atoms with E-state index in [-0.39, 0.29) is 17.1 Å². The molecule has 176 valence electrons. The van der Waals surface area contributed by atoms with E-state index >= 15 is 0 Å². The van der Waals surface area contributed by atoms with Crippen molar-refractivity contribution in [2.45, 2.75) is 33.7 Å². The van der Waals surface area contributed by atoms with Crippen molar-refractivity contribution in [3.8, 4) is 5.75 Å². The van der Waals surface area contributed by atoms with Crippen LogP contribution in [0.2, 0.25) is 0 Å². The van der Waals surface area contributed by atoms with Crippen molar-refractivity contribution in [1.82, 2.24) is 0 Å². The fourth-order valence-corrected chi connectivity index (χ4v) is 4.61. The molecule has 1 aliphatic heterocycles. The minimum absolute atomic E-state index is 0.0893. The number of carbonyl (C=O) groups excluding carboxylic acids is 1. The van der Waals surface area contributed by atoms with Crippen LogP contribution >= 0.6 is 0 Å². The summed E-state index contributed by atoms with van der Waals surface area (Å²) in [5, 5.41) is 0.477. The summed E-state index contributed by atoms with van der Waals surface area (Å²) >= 11 is 0. The lowest BCUT2D eigenvalue weighted by atomic mass is 9.97. The van der Waals surface area contributed by atoms with Crippen molar-refractivity contribution < 1.29 is 13.9 Å². The quantitative estimate of drug-likeness (QED) is 0.323. The lowest BCUT2D eigenvalue weighted by Crippen LogP contribution is -2.29. The van der Waals surface area contributed by atoms with Crippen LogP contribution in [-0.4, -0.2) is 12.5 Å². The van der Waals surface area contributed by atoms with Crippen LogP contribution in [0.3, 0.4) is 0 Å². The highest BCUT2D eigenvalue weighted by atomic mass is 16.5. The molecule has 5 rings (SSSR count). The molecule has 5 heteroatoms. The summed E-state index contributed by atoms with van der Waals surface area (Å²) in [6.07, 6.45) is 1.67. The van der Waals surface area contributed by atoms with Gasteiger partial charge < -0.3 is 9.15 Å². The van der Waals surface area contributed by atoms with E-state index in [0.717, 1.165) is 27.8 Å². The summed E-state index contributed by atoms with van der Waals surface area (Å²) in [5.74, 6) is 0.397. The normalized spacial score (nSPS) is 14.9. The monoisotopic (exact) mass is 465 g/mol. The second-order valence-corrected chi connectivity index (χ2v) is 9.13. The van der Waals surface area contributed by atoms with Gasteiger partial charge in [-0.25, -0.2) is 0 Å². The summed E-state index contributed by atoms with van der Waals surface area (Å²) in [5.41, 5.74) is 6.25. The number of hydrogen-bond acceptors (Lipinski definition) is 4. The first-order chi connectivity index (χ1) is 16.8. The van der Waals surface area contributed by atoms with Crippen molar-refractivity contribution >= 4 is 22.6 Å². The van der Waals surface area contributed by atoms with E-state index in [1.165, 1.54) is 0 Å². The van der Waals surface area contributed by atoms with Crippen LogP contribution in [0.5, 0.6) is 5.75 Å². The Morgan fingerprint density at radius 1 is 0.943 bits per heavy atom. The third kappa shape index (κ3) is 3.73. The minimum Gasteiger partial charge on any atom is -0.490 e. The van der Waals surface area contributed by atoms with Crippen molar-refractivity contribution in [2.24, 2.45) is 0 Å². The van der Waals surface area contributed by atoms with Gasteiger partial charge in [-0.05, 0) is 91.9 Å². The number of carbonyl (C=O) groups is 1. The first-order valence-electron chi connectivity index (χ1n) is 11.6. The molecule has 3 aromatic carbocycles. The second-order valence-electron chi connectivity index (χ2n) is 9.13. The SMILES string of the molecule is C=CCOc1cccc(C2c3c(oc4cc(C)c(C)cc4c3=O)C(=O)N2c2ccc(C)c(C)c2)c1. The van der Waals surface area contributed by atoms with Gasteiger partial charge in [0.25, 0.3) is 5.91 Å². The molecule has 35 heavy (non-hydrogen) atoms. The van der Waals surface area contributed by atoms with Gasteiger partial charge in [0.2, 0.25) is 5.76 Å². The fourth-order valence-electron chi connectivity index (χ4n) is 4.61. The number of fused-ring (bicyclic) bond motifs is 2. The third-order valence-electron chi connectivity index (χ3n) is 6.80. The van der Waals surface area contributed by atoms with Gasteiger partial charge in [0.15, 0.2) is 5.43 Å². The lowest BCUT2D eigenvalue weighted by molar-refractivity contribution is 0.0971. The number of anilines is 1. The maximum atomic E-state index is 13.9. The molecule has 0 aliphatic carbocycles. The van der Waals surface area contributed by atoms with Crippen LogP contribution in [-0.2, 0) is 0 Å². The molecule has 0 saturated carbocycles. The number of amides is 1.